The minimum atomic E-state index is 0.0769. The van der Waals surface area contributed by atoms with Gasteiger partial charge in [-0.3, -0.25) is 19.8 Å². The van der Waals surface area contributed by atoms with Crippen LogP contribution in [0.25, 0.3) is 14.5 Å². The van der Waals surface area contributed by atoms with Crippen molar-refractivity contribution in [2.75, 3.05) is 36.2 Å². The van der Waals surface area contributed by atoms with Crippen LogP contribution < -0.4 is 9.80 Å². The van der Waals surface area contributed by atoms with Crippen LogP contribution in [0.15, 0.2) is 24.8 Å². The molecule has 2 N–H and O–H groups in total. The van der Waals surface area contributed by atoms with Crippen LogP contribution in [0.4, 0.5) is 29.4 Å². The summed E-state index contributed by atoms with van der Waals surface area (Å²) in [4.78, 5) is 31.7. The van der Waals surface area contributed by atoms with Crippen molar-refractivity contribution < 1.29 is 0 Å². The first kappa shape index (κ1) is 18.4. The van der Waals surface area contributed by atoms with Gasteiger partial charge in [-0.15, -0.1) is 0 Å². The van der Waals surface area contributed by atoms with Crippen LogP contribution in [-0.2, 0) is 0 Å². The first-order valence-corrected chi connectivity index (χ1v) is 8.75. The molecule has 12 nitrogen and oxygen atoms in total. The highest BCUT2D eigenvalue weighted by molar-refractivity contribution is 5.66. The normalized spacial score (nSPS) is 14.7. The Bertz CT molecular complexity index is 1030. The second kappa shape index (κ2) is 7.59. The van der Waals surface area contributed by atoms with E-state index in [2.05, 4.69) is 44.3 Å². The third kappa shape index (κ3) is 3.33. The Morgan fingerprint density at radius 1 is 0.867 bits per heavy atom. The van der Waals surface area contributed by atoms with E-state index in [1.54, 1.807) is 0 Å². The lowest BCUT2D eigenvalue weighted by molar-refractivity contribution is 0.321. The Kier molecular flexibility index (Phi) is 4.66. The van der Waals surface area contributed by atoms with Crippen LogP contribution in [0, 0.1) is 31.0 Å². The van der Waals surface area contributed by atoms with Crippen molar-refractivity contribution in [3.05, 3.63) is 64.7 Å². The number of nitriles is 1. The van der Waals surface area contributed by atoms with E-state index in [0.29, 0.717) is 25.2 Å². The Morgan fingerprint density at radius 2 is 1.43 bits per heavy atom. The van der Waals surface area contributed by atoms with E-state index in [1.165, 1.54) is 0 Å². The van der Waals surface area contributed by atoms with Crippen molar-refractivity contribution in [2.24, 2.45) is 0 Å². The Hall–Kier alpha value is -4.94. The number of imidazole rings is 2. The molecule has 12 heteroatoms. The molecule has 4 rings (SSSR count). The standard InChI is InChI=1S/C18H14N12/c1-20-14-13(10-19)23-17(24-14)29-8-6-27(11-29)4-5-28-7-9-30(12-28)18-25-15(21-2)16(22-3)26-18/h6-9H,4-5,11-12H2,(H,23,24)(H,25,26). The zero-order valence-electron chi connectivity index (χ0n) is 15.6. The summed E-state index contributed by atoms with van der Waals surface area (Å²) in [7, 11) is 0. The molecule has 0 unspecified atom stereocenters. The van der Waals surface area contributed by atoms with Gasteiger partial charge in [-0.2, -0.15) is 10.2 Å². The molecular formula is C18H14N12. The molecule has 0 fully saturated rings. The van der Waals surface area contributed by atoms with Gasteiger partial charge >= 0.3 is 5.95 Å². The average Bonchev–Trinajstić information content (AvgIpc) is 3.55. The summed E-state index contributed by atoms with van der Waals surface area (Å²) in [6.45, 7) is 23.9. The monoisotopic (exact) mass is 398 g/mol. The van der Waals surface area contributed by atoms with E-state index in [1.807, 2.05) is 40.7 Å². The lowest BCUT2D eigenvalue weighted by Crippen LogP contribution is -2.34. The molecule has 0 radical (unpaired) electrons. The van der Waals surface area contributed by atoms with Gasteiger partial charge in [0.05, 0.1) is 6.67 Å². The first-order chi connectivity index (χ1) is 14.6. The molecule has 146 valence electrons. The molecule has 4 heterocycles. The zero-order chi connectivity index (χ0) is 21.1. The van der Waals surface area contributed by atoms with Gasteiger partial charge in [0.2, 0.25) is 0 Å². The molecule has 0 aliphatic carbocycles. The van der Waals surface area contributed by atoms with Crippen LogP contribution in [0.1, 0.15) is 5.69 Å². The number of H-pyrrole nitrogens is 2. The Morgan fingerprint density at radius 3 is 1.90 bits per heavy atom. The van der Waals surface area contributed by atoms with E-state index in [0.717, 1.165) is 13.1 Å². The number of nitrogens with zero attached hydrogens (tertiary/aromatic N) is 10. The highest BCUT2D eigenvalue weighted by Gasteiger charge is 2.25. The van der Waals surface area contributed by atoms with Crippen LogP contribution >= 0.6 is 0 Å². The number of aromatic nitrogens is 4. The number of rotatable bonds is 5. The first-order valence-electron chi connectivity index (χ1n) is 8.75. The van der Waals surface area contributed by atoms with Crippen LogP contribution in [-0.4, -0.2) is 56.2 Å². The number of nitrogens with one attached hydrogen (secondary N) is 2. The topological polar surface area (TPSA) is 107 Å². The highest BCUT2D eigenvalue weighted by atomic mass is 15.4. The molecule has 0 saturated carbocycles. The predicted octanol–water partition coefficient (Wildman–Crippen LogP) is 2.46. The molecule has 0 bridgehead atoms. The number of hydrogen-bond acceptors (Lipinski definition) is 7. The van der Waals surface area contributed by atoms with Crippen molar-refractivity contribution in [1.82, 2.24) is 29.7 Å². The fourth-order valence-corrected chi connectivity index (χ4v) is 3.03. The summed E-state index contributed by atoms with van der Waals surface area (Å²) in [5.41, 5.74) is 0.0924. The summed E-state index contributed by atoms with van der Waals surface area (Å²) in [5.74, 6) is 1.30. The van der Waals surface area contributed by atoms with Gasteiger partial charge in [-0.1, -0.05) is 24.7 Å². The lowest BCUT2D eigenvalue weighted by Gasteiger charge is -2.23. The van der Waals surface area contributed by atoms with Crippen molar-refractivity contribution >= 4 is 29.4 Å². The van der Waals surface area contributed by atoms with Gasteiger partial charge in [0.25, 0.3) is 23.4 Å². The molecule has 2 aliphatic heterocycles. The number of anilines is 2. The van der Waals surface area contributed by atoms with E-state index in [4.69, 9.17) is 25.0 Å². The van der Waals surface area contributed by atoms with Crippen LogP contribution in [0.2, 0.25) is 0 Å². The highest BCUT2D eigenvalue weighted by Crippen LogP contribution is 2.29. The van der Waals surface area contributed by atoms with Crippen LogP contribution in [0.5, 0.6) is 0 Å². The minimum absolute atomic E-state index is 0.0769. The molecule has 0 atom stereocenters. The second-order valence-corrected chi connectivity index (χ2v) is 6.38. The van der Waals surface area contributed by atoms with Crippen molar-refractivity contribution in [3.8, 4) is 6.07 Å². The van der Waals surface area contributed by atoms with Gasteiger partial charge in [-0.05, 0) is 0 Å². The van der Waals surface area contributed by atoms with E-state index >= 15 is 0 Å². The quantitative estimate of drug-likeness (QED) is 0.745. The Labute approximate surface area is 172 Å². The molecule has 2 aromatic heterocycles. The Balaban J connectivity index is 1.30. The maximum Gasteiger partial charge on any atom is 0.377 e. The predicted molar refractivity (Wildman–Crippen MR) is 107 cm³/mol. The zero-order valence-corrected chi connectivity index (χ0v) is 15.6. The minimum Gasteiger partial charge on any atom is -0.373 e. The molecule has 0 amide bonds. The molecule has 0 aromatic carbocycles. The van der Waals surface area contributed by atoms with Crippen molar-refractivity contribution in [2.45, 2.75) is 0 Å². The smallest absolute Gasteiger partial charge is 0.373 e. The molecule has 2 aromatic rings. The van der Waals surface area contributed by atoms with E-state index in [9.17, 15) is 0 Å². The summed E-state index contributed by atoms with van der Waals surface area (Å²) < 4.78 is 0. The SMILES string of the molecule is [C-]#[N+]c1nc(N2C=CN(CCN3C=CN(c4nc(C#N)c([N+]#[C-])[nH]4)C3)C2)[nH]c1[N+]#[C-]. The maximum atomic E-state index is 9.04. The second-order valence-electron chi connectivity index (χ2n) is 6.38. The third-order valence-corrected chi connectivity index (χ3v) is 4.56. The fourth-order valence-electron chi connectivity index (χ4n) is 3.03. The van der Waals surface area contributed by atoms with E-state index in [-0.39, 0.29) is 23.1 Å². The van der Waals surface area contributed by atoms with Gasteiger partial charge in [0.1, 0.15) is 12.7 Å². The molecular weight excluding hydrogens is 384 g/mol. The molecule has 0 saturated heterocycles. The molecule has 30 heavy (non-hydrogen) atoms. The largest absolute Gasteiger partial charge is 0.377 e. The average molecular weight is 398 g/mol. The van der Waals surface area contributed by atoms with E-state index < -0.39 is 0 Å². The van der Waals surface area contributed by atoms with Gasteiger partial charge in [0, 0.05) is 37.9 Å². The van der Waals surface area contributed by atoms with Gasteiger partial charge in [-0.25, -0.2) is 0 Å². The van der Waals surface area contributed by atoms with Gasteiger partial charge < -0.3 is 24.3 Å². The van der Waals surface area contributed by atoms with Crippen LogP contribution in [0.3, 0.4) is 0 Å². The molecule has 2 aliphatic rings. The number of aromatic amines is 2. The lowest BCUT2D eigenvalue weighted by atomic mass is 10.5. The number of hydrogen-bond donors (Lipinski definition) is 2. The molecule has 0 spiro atoms. The summed E-state index contributed by atoms with van der Waals surface area (Å²) in [6.07, 6.45) is 7.56. The van der Waals surface area contributed by atoms with Gasteiger partial charge in [0.15, 0.2) is 5.69 Å². The fraction of sp³-hybridized carbons (Fsp3) is 0.222. The third-order valence-electron chi connectivity index (χ3n) is 4.56. The summed E-state index contributed by atoms with van der Waals surface area (Å²) >= 11 is 0. The van der Waals surface area contributed by atoms with Crippen molar-refractivity contribution in [3.63, 3.8) is 0 Å². The summed E-state index contributed by atoms with van der Waals surface area (Å²) in [5, 5.41) is 9.04. The maximum absolute atomic E-state index is 9.04. The summed E-state index contributed by atoms with van der Waals surface area (Å²) in [6, 6.07) is 1.91. The van der Waals surface area contributed by atoms with Crippen molar-refractivity contribution in [1.29, 1.82) is 5.26 Å².